The molecule has 0 radical (unpaired) electrons. The van der Waals surface area contributed by atoms with Crippen molar-refractivity contribution in [3.8, 4) is 5.75 Å². The molecule has 0 atom stereocenters. The molecule has 110 valence electrons. The molecule has 2 aromatic rings. The van der Waals surface area contributed by atoms with Crippen molar-refractivity contribution in [2.24, 2.45) is 0 Å². The highest BCUT2D eigenvalue weighted by atomic mass is 35.5. The molecule has 2 aromatic carbocycles. The summed E-state index contributed by atoms with van der Waals surface area (Å²) >= 11 is 5.76. The molecule has 0 aliphatic heterocycles. The van der Waals surface area contributed by atoms with E-state index in [2.05, 4.69) is 5.32 Å². The lowest BCUT2D eigenvalue weighted by Gasteiger charge is -2.07. The van der Waals surface area contributed by atoms with Gasteiger partial charge in [0, 0.05) is 11.6 Å². The van der Waals surface area contributed by atoms with Crippen molar-refractivity contribution < 1.29 is 13.9 Å². The van der Waals surface area contributed by atoms with Gasteiger partial charge in [-0.1, -0.05) is 23.7 Å². The number of methoxy groups -OCH3 is 1. The van der Waals surface area contributed by atoms with Gasteiger partial charge in [0.1, 0.15) is 11.6 Å². The van der Waals surface area contributed by atoms with Gasteiger partial charge in [0.25, 0.3) is 5.91 Å². The van der Waals surface area contributed by atoms with E-state index in [1.54, 1.807) is 7.11 Å². The minimum atomic E-state index is -0.582. The molecule has 5 heteroatoms. The van der Waals surface area contributed by atoms with Gasteiger partial charge in [-0.15, -0.1) is 0 Å². The summed E-state index contributed by atoms with van der Waals surface area (Å²) in [5.41, 5.74) is 1.01. The van der Waals surface area contributed by atoms with Crippen LogP contribution in [0.4, 0.5) is 4.39 Å². The van der Waals surface area contributed by atoms with Crippen LogP contribution in [0.15, 0.2) is 42.5 Å². The first kappa shape index (κ1) is 15.3. The van der Waals surface area contributed by atoms with Gasteiger partial charge in [-0.3, -0.25) is 4.79 Å². The number of benzene rings is 2. The van der Waals surface area contributed by atoms with E-state index in [1.165, 1.54) is 18.2 Å². The lowest BCUT2D eigenvalue weighted by atomic mass is 10.1. The average molecular weight is 308 g/mol. The summed E-state index contributed by atoms with van der Waals surface area (Å²) in [5.74, 6) is -0.270. The molecule has 1 amide bonds. The van der Waals surface area contributed by atoms with Crippen LogP contribution in [0.3, 0.4) is 0 Å². The zero-order chi connectivity index (χ0) is 15.2. The van der Waals surface area contributed by atoms with E-state index < -0.39 is 11.7 Å². The molecular formula is C16H15ClFNO2. The number of carbonyl (C=O) groups excluding carboxylic acids is 1. The van der Waals surface area contributed by atoms with Crippen LogP contribution in [-0.2, 0) is 6.42 Å². The summed E-state index contributed by atoms with van der Waals surface area (Å²) < 4.78 is 18.6. The molecule has 21 heavy (non-hydrogen) atoms. The third kappa shape index (κ3) is 4.20. The van der Waals surface area contributed by atoms with Crippen LogP contribution >= 0.6 is 11.6 Å². The Morgan fingerprint density at radius 1 is 1.24 bits per heavy atom. The topological polar surface area (TPSA) is 38.3 Å². The van der Waals surface area contributed by atoms with Gasteiger partial charge in [-0.05, 0) is 42.3 Å². The Balaban J connectivity index is 1.90. The van der Waals surface area contributed by atoms with Crippen LogP contribution in [0, 0.1) is 5.82 Å². The van der Waals surface area contributed by atoms with E-state index in [1.807, 2.05) is 24.3 Å². The van der Waals surface area contributed by atoms with E-state index in [9.17, 15) is 9.18 Å². The maximum atomic E-state index is 13.5. The Morgan fingerprint density at radius 3 is 2.62 bits per heavy atom. The fourth-order valence-corrected chi connectivity index (χ4v) is 2.05. The van der Waals surface area contributed by atoms with E-state index in [0.717, 1.165) is 11.3 Å². The monoisotopic (exact) mass is 307 g/mol. The molecule has 0 aliphatic rings. The van der Waals surface area contributed by atoms with Crippen molar-refractivity contribution in [1.29, 1.82) is 0 Å². The summed E-state index contributed by atoms with van der Waals surface area (Å²) in [6.45, 7) is 0.414. The SMILES string of the molecule is COc1ccc(CCNC(=O)c2cc(Cl)ccc2F)cc1. The first-order valence-electron chi connectivity index (χ1n) is 6.46. The van der Waals surface area contributed by atoms with Gasteiger partial charge >= 0.3 is 0 Å². The molecule has 0 unspecified atom stereocenters. The second-order valence-electron chi connectivity index (χ2n) is 4.48. The zero-order valence-corrected chi connectivity index (χ0v) is 12.3. The Hall–Kier alpha value is -2.07. The molecule has 0 aromatic heterocycles. The van der Waals surface area contributed by atoms with Crippen LogP contribution in [-0.4, -0.2) is 19.6 Å². The van der Waals surface area contributed by atoms with Crippen molar-refractivity contribution in [3.05, 3.63) is 64.4 Å². The largest absolute Gasteiger partial charge is 0.497 e. The van der Waals surface area contributed by atoms with Crippen molar-refractivity contribution in [1.82, 2.24) is 5.32 Å². The van der Waals surface area contributed by atoms with Crippen molar-refractivity contribution in [2.45, 2.75) is 6.42 Å². The lowest BCUT2D eigenvalue weighted by Crippen LogP contribution is -2.26. The Morgan fingerprint density at radius 2 is 1.95 bits per heavy atom. The fourth-order valence-electron chi connectivity index (χ4n) is 1.88. The highest BCUT2D eigenvalue weighted by molar-refractivity contribution is 6.30. The van der Waals surface area contributed by atoms with Crippen LogP contribution in [0.1, 0.15) is 15.9 Å². The molecule has 0 spiro atoms. The third-order valence-electron chi connectivity index (χ3n) is 3.03. The molecule has 1 N–H and O–H groups in total. The molecule has 0 saturated carbocycles. The number of carbonyl (C=O) groups is 1. The molecule has 0 fully saturated rings. The lowest BCUT2D eigenvalue weighted by molar-refractivity contribution is 0.0950. The number of rotatable bonds is 5. The molecule has 0 saturated heterocycles. The fraction of sp³-hybridized carbons (Fsp3) is 0.188. The summed E-state index contributed by atoms with van der Waals surface area (Å²) in [6.07, 6.45) is 0.651. The van der Waals surface area contributed by atoms with E-state index >= 15 is 0 Å². The molecule has 0 bridgehead atoms. The van der Waals surface area contributed by atoms with Gasteiger partial charge in [-0.2, -0.15) is 0 Å². The van der Waals surface area contributed by atoms with Gasteiger partial charge in [0.15, 0.2) is 0 Å². The number of hydrogen-bond acceptors (Lipinski definition) is 2. The first-order chi connectivity index (χ1) is 10.1. The number of ether oxygens (including phenoxy) is 1. The van der Waals surface area contributed by atoms with Gasteiger partial charge in [0.2, 0.25) is 0 Å². The maximum absolute atomic E-state index is 13.5. The molecule has 0 aliphatic carbocycles. The summed E-state index contributed by atoms with van der Waals surface area (Å²) in [6, 6.07) is 11.5. The standard InChI is InChI=1S/C16H15ClFNO2/c1-21-13-5-2-11(3-6-13)8-9-19-16(20)14-10-12(17)4-7-15(14)18/h2-7,10H,8-9H2,1H3,(H,19,20). The summed E-state index contributed by atoms with van der Waals surface area (Å²) in [4.78, 5) is 11.9. The molecule has 2 rings (SSSR count). The second-order valence-corrected chi connectivity index (χ2v) is 4.91. The van der Waals surface area contributed by atoms with Crippen LogP contribution in [0.2, 0.25) is 5.02 Å². The minimum absolute atomic E-state index is 0.0442. The minimum Gasteiger partial charge on any atom is -0.497 e. The summed E-state index contributed by atoms with van der Waals surface area (Å²) in [5, 5.41) is 3.01. The summed E-state index contributed by atoms with van der Waals surface area (Å²) in [7, 11) is 1.61. The van der Waals surface area contributed by atoms with E-state index in [0.29, 0.717) is 18.0 Å². The molecular weight excluding hydrogens is 293 g/mol. The smallest absolute Gasteiger partial charge is 0.254 e. The quantitative estimate of drug-likeness (QED) is 0.918. The third-order valence-corrected chi connectivity index (χ3v) is 3.27. The van der Waals surface area contributed by atoms with Crippen molar-refractivity contribution in [2.75, 3.05) is 13.7 Å². The maximum Gasteiger partial charge on any atom is 0.254 e. The van der Waals surface area contributed by atoms with Gasteiger partial charge in [0.05, 0.1) is 12.7 Å². The Labute approximate surface area is 127 Å². The second kappa shape index (κ2) is 7.09. The highest BCUT2D eigenvalue weighted by Crippen LogP contribution is 2.15. The van der Waals surface area contributed by atoms with Gasteiger partial charge in [-0.25, -0.2) is 4.39 Å². The number of halogens is 2. The number of amides is 1. The normalized spacial score (nSPS) is 10.2. The van der Waals surface area contributed by atoms with Crippen LogP contribution < -0.4 is 10.1 Å². The predicted molar refractivity (Wildman–Crippen MR) is 80.4 cm³/mol. The van der Waals surface area contributed by atoms with Crippen molar-refractivity contribution >= 4 is 17.5 Å². The number of hydrogen-bond donors (Lipinski definition) is 1. The zero-order valence-electron chi connectivity index (χ0n) is 11.5. The highest BCUT2D eigenvalue weighted by Gasteiger charge is 2.11. The van der Waals surface area contributed by atoms with Crippen LogP contribution in [0.25, 0.3) is 0 Å². The van der Waals surface area contributed by atoms with Crippen LogP contribution in [0.5, 0.6) is 5.75 Å². The predicted octanol–water partition coefficient (Wildman–Crippen LogP) is 3.46. The molecule has 3 nitrogen and oxygen atoms in total. The van der Waals surface area contributed by atoms with E-state index in [-0.39, 0.29) is 5.56 Å². The molecule has 0 heterocycles. The van der Waals surface area contributed by atoms with Gasteiger partial charge < -0.3 is 10.1 Å². The number of nitrogens with one attached hydrogen (secondary N) is 1. The Kier molecular flexibility index (Phi) is 5.17. The first-order valence-corrected chi connectivity index (χ1v) is 6.84. The van der Waals surface area contributed by atoms with E-state index in [4.69, 9.17) is 16.3 Å². The average Bonchev–Trinajstić information content (AvgIpc) is 2.50. The van der Waals surface area contributed by atoms with Crippen molar-refractivity contribution in [3.63, 3.8) is 0 Å². The Bertz CT molecular complexity index is 629.